The first kappa shape index (κ1) is 12.2. The quantitative estimate of drug-likeness (QED) is 0.863. The van der Waals surface area contributed by atoms with Crippen molar-refractivity contribution in [3.63, 3.8) is 0 Å². The number of aromatic nitrogens is 1. The molecular formula is C11H17NO2S. The molecule has 1 aromatic rings. The number of aryl methyl sites for hydroxylation is 1. The lowest BCUT2D eigenvalue weighted by atomic mass is 9.89. The first-order valence-electron chi connectivity index (χ1n) is 4.98. The van der Waals surface area contributed by atoms with Crippen LogP contribution in [0.3, 0.4) is 0 Å². The number of carboxylic acid groups (broad SMARTS) is 1. The van der Waals surface area contributed by atoms with Crippen molar-refractivity contribution < 1.29 is 9.90 Å². The van der Waals surface area contributed by atoms with Crippen LogP contribution in [-0.2, 0) is 10.2 Å². The van der Waals surface area contributed by atoms with Gasteiger partial charge < -0.3 is 5.11 Å². The van der Waals surface area contributed by atoms with E-state index in [-0.39, 0.29) is 0 Å². The maximum atomic E-state index is 11.1. The Hall–Kier alpha value is -0.900. The van der Waals surface area contributed by atoms with Crippen LogP contribution in [0.15, 0.2) is 0 Å². The van der Waals surface area contributed by atoms with Crippen LogP contribution >= 0.6 is 11.3 Å². The van der Waals surface area contributed by atoms with Crippen molar-refractivity contribution in [3.05, 3.63) is 15.6 Å². The van der Waals surface area contributed by atoms with E-state index in [1.807, 2.05) is 6.92 Å². The summed E-state index contributed by atoms with van der Waals surface area (Å²) in [6.07, 6.45) is 0. The van der Waals surface area contributed by atoms with E-state index in [9.17, 15) is 4.79 Å². The highest BCUT2D eigenvalue weighted by Crippen LogP contribution is 2.32. The molecule has 1 N–H and O–H groups in total. The summed E-state index contributed by atoms with van der Waals surface area (Å²) in [5.74, 6) is -0.474. The van der Waals surface area contributed by atoms with Gasteiger partial charge in [0.1, 0.15) is 5.41 Å². The minimum atomic E-state index is -0.895. The molecule has 0 spiro atoms. The number of hydrogen-bond acceptors (Lipinski definition) is 3. The monoisotopic (exact) mass is 227 g/mol. The second-order valence-corrected chi connectivity index (χ2v) is 5.78. The standard InChI is InChI=1S/C11H17NO2S/c1-6(2)9-12-8(7(3)15-9)11(4,5)10(13)14/h6H,1-5H3,(H,13,14). The smallest absolute Gasteiger partial charge is 0.315 e. The minimum absolute atomic E-state index is 0.354. The topological polar surface area (TPSA) is 50.2 Å². The maximum Gasteiger partial charge on any atom is 0.315 e. The number of carbonyl (C=O) groups is 1. The molecule has 0 radical (unpaired) electrons. The molecule has 0 amide bonds. The van der Waals surface area contributed by atoms with Gasteiger partial charge in [0.15, 0.2) is 0 Å². The number of aliphatic carboxylic acids is 1. The van der Waals surface area contributed by atoms with E-state index in [0.717, 1.165) is 9.88 Å². The second kappa shape index (κ2) is 3.93. The first-order valence-corrected chi connectivity index (χ1v) is 5.79. The molecule has 0 saturated carbocycles. The number of carboxylic acids is 1. The Kier molecular flexibility index (Phi) is 3.19. The van der Waals surface area contributed by atoms with E-state index >= 15 is 0 Å². The van der Waals surface area contributed by atoms with Crippen LogP contribution in [0.2, 0.25) is 0 Å². The van der Waals surface area contributed by atoms with Crippen molar-refractivity contribution in [1.29, 1.82) is 0 Å². The average Bonchev–Trinajstić information content (AvgIpc) is 2.47. The van der Waals surface area contributed by atoms with Crippen molar-refractivity contribution in [2.75, 3.05) is 0 Å². The largest absolute Gasteiger partial charge is 0.481 e. The van der Waals surface area contributed by atoms with Crippen LogP contribution in [0.25, 0.3) is 0 Å². The van der Waals surface area contributed by atoms with Gasteiger partial charge in [-0.25, -0.2) is 4.98 Å². The Labute approximate surface area is 94.2 Å². The summed E-state index contributed by atoms with van der Waals surface area (Å²) in [4.78, 5) is 16.6. The second-order valence-electron chi connectivity index (χ2n) is 4.54. The van der Waals surface area contributed by atoms with Gasteiger partial charge in [-0.1, -0.05) is 13.8 Å². The third-order valence-corrected chi connectivity index (χ3v) is 3.71. The van der Waals surface area contributed by atoms with E-state index in [1.54, 1.807) is 25.2 Å². The predicted molar refractivity (Wildman–Crippen MR) is 61.6 cm³/mol. The molecule has 1 aromatic heterocycles. The fraction of sp³-hybridized carbons (Fsp3) is 0.636. The molecule has 0 fully saturated rings. The molecule has 1 heterocycles. The van der Waals surface area contributed by atoms with Gasteiger partial charge in [0.25, 0.3) is 0 Å². The van der Waals surface area contributed by atoms with Crippen LogP contribution in [0, 0.1) is 6.92 Å². The molecule has 4 heteroatoms. The number of rotatable bonds is 3. The molecule has 84 valence electrons. The van der Waals surface area contributed by atoms with Crippen molar-refractivity contribution >= 4 is 17.3 Å². The van der Waals surface area contributed by atoms with Gasteiger partial charge in [0.05, 0.1) is 10.7 Å². The van der Waals surface area contributed by atoms with Gasteiger partial charge in [0, 0.05) is 10.8 Å². The molecule has 1 rings (SSSR count). The lowest BCUT2D eigenvalue weighted by Crippen LogP contribution is -2.29. The number of hydrogen-bond donors (Lipinski definition) is 1. The Bertz CT molecular complexity index is 380. The highest BCUT2D eigenvalue weighted by molar-refractivity contribution is 7.11. The van der Waals surface area contributed by atoms with Gasteiger partial charge in [-0.3, -0.25) is 4.79 Å². The number of nitrogens with zero attached hydrogens (tertiary/aromatic N) is 1. The fourth-order valence-corrected chi connectivity index (χ4v) is 2.43. The molecule has 0 unspecified atom stereocenters. The lowest BCUT2D eigenvalue weighted by molar-refractivity contribution is -0.142. The molecule has 0 aliphatic heterocycles. The lowest BCUT2D eigenvalue weighted by Gasteiger charge is -2.17. The van der Waals surface area contributed by atoms with Gasteiger partial charge in [-0.2, -0.15) is 0 Å². The summed E-state index contributed by atoms with van der Waals surface area (Å²) < 4.78 is 0. The highest BCUT2D eigenvalue weighted by Gasteiger charge is 2.34. The normalized spacial score (nSPS) is 12.1. The van der Waals surface area contributed by atoms with Crippen molar-refractivity contribution in [3.8, 4) is 0 Å². The van der Waals surface area contributed by atoms with E-state index in [0.29, 0.717) is 11.6 Å². The van der Waals surface area contributed by atoms with Gasteiger partial charge in [-0.05, 0) is 20.8 Å². The zero-order chi connectivity index (χ0) is 11.8. The number of thiazole rings is 1. The average molecular weight is 227 g/mol. The summed E-state index contributed by atoms with van der Waals surface area (Å²) in [5, 5.41) is 10.1. The Morgan fingerprint density at radius 3 is 2.33 bits per heavy atom. The van der Waals surface area contributed by atoms with Gasteiger partial charge in [-0.15, -0.1) is 11.3 Å². The molecule has 0 aromatic carbocycles. The Balaban J connectivity index is 3.21. The third kappa shape index (κ3) is 2.20. The van der Waals surface area contributed by atoms with E-state index in [2.05, 4.69) is 18.8 Å². The van der Waals surface area contributed by atoms with Crippen LogP contribution in [0.5, 0.6) is 0 Å². The summed E-state index contributed by atoms with van der Waals surface area (Å²) in [6, 6.07) is 0. The predicted octanol–water partition coefficient (Wildman–Crippen LogP) is 2.94. The molecular weight excluding hydrogens is 210 g/mol. The molecule has 3 nitrogen and oxygen atoms in total. The Morgan fingerprint density at radius 1 is 1.47 bits per heavy atom. The van der Waals surface area contributed by atoms with Crippen LogP contribution in [0.4, 0.5) is 0 Å². The van der Waals surface area contributed by atoms with Crippen molar-refractivity contribution in [2.24, 2.45) is 0 Å². The molecule has 0 bridgehead atoms. The Morgan fingerprint density at radius 2 is 2.00 bits per heavy atom. The molecule has 0 saturated heterocycles. The van der Waals surface area contributed by atoms with Crippen LogP contribution in [-0.4, -0.2) is 16.1 Å². The summed E-state index contributed by atoms with van der Waals surface area (Å²) in [7, 11) is 0. The van der Waals surface area contributed by atoms with Crippen molar-refractivity contribution in [1.82, 2.24) is 4.98 Å². The zero-order valence-corrected chi connectivity index (χ0v) is 10.6. The van der Waals surface area contributed by atoms with Crippen molar-refractivity contribution in [2.45, 2.75) is 46.0 Å². The molecule has 15 heavy (non-hydrogen) atoms. The van der Waals surface area contributed by atoms with Crippen LogP contribution < -0.4 is 0 Å². The van der Waals surface area contributed by atoms with E-state index < -0.39 is 11.4 Å². The summed E-state index contributed by atoms with van der Waals surface area (Å²) >= 11 is 1.59. The zero-order valence-electron chi connectivity index (χ0n) is 9.79. The minimum Gasteiger partial charge on any atom is -0.481 e. The fourth-order valence-electron chi connectivity index (χ4n) is 1.35. The molecule has 0 atom stereocenters. The van der Waals surface area contributed by atoms with Crippen LogP contribution in [0.1, 0.15) is 49.2 Å². The molecule has 0 aliphatic carbocycles. The maximum absolute atomic E-state index is 11.1. The SMILES string of the molecule is Cc1sc(C(C)C)nc1C(C)(C)C(=O)O. The first-order chi connectivity index (χ1) is 6.76. The molecule has 0 aliphatic rings. The summed E-state index contributed by atoms with van der Waals surface area (Å²) in [6.45, 7) is 9.46. The summed E-state index contributed by atoms with van der Waals surface area (Å²) in [5.41, 5.74) is -0.197. The highest BCUT2D eigenvalue weighted by atomic mass is 32.1. The van der Waals surface area contributed by atoms with Gasteiger partial charge >= 0.3 is 5.97 Å². The van der Waals surface area contributed by atoms with E-state index in [4.69, 9.17) is 5.11 Å². The third-order valence-electron chi connectivity index (χ3n) is 2.43. The van der Waals surface area contributed by atoms with Gasteiger partial charge in [0.2, 0.25) is 0 Å². The van der Waals surface area contributed by atoms with E-state index in [1.165, 1.54) is 0 Å².